The summed E-state index contributed by atoms with van der Waals surface area (Å²) in [5.41, 5.74) is 7.38. The molecule has 0 fully saturated rings. The Morgan fingerprint density at radius 2 is 1.52 bits per heavy atom. The SMILES string of the molecule is CN(C)C(=O)COC(=O)Cc1ccc2cc(OC(=O)c3ccc(CC(=N)N)cc3)ccc2c1. The Morgan fingerprint density at radius 1 is 0.879 bits per heavy atom. The molecule has 3 aromatic carbocycles. The molecule has 0 saturated carbocycles. The average Bonchev–Trinajstić information content (AvgIpc) is 2.77. The summed E-state index contributed by atoms with van der Waals surface area (Å²) in [6.07, 6.45) is 0.376. The Hall–Kier alpha value is -4.20. The Bertz CT molecular complexity index is 1200. The average molecular weight is 447 g/mol. The predicted molar refractivity (Wildman–Crippen MR) is 124 cm³/mol. The van der Waals surface area contributed by atoms with Crippen LogP contribution in [0.25, 0.3) is 10.8 Å². The molecule has 0 unspecified atom stereocenters. The molecule has 0 spiro atoms. The van der Waals surface area contributed by atoms with E-state index < -0.39 is 11.9 Å². The summed E-state index contributed by atoms with van der Waals surface area (Å²) in [5.74, 6) is -0.800. The van der Waals surface area contributed by atoms with Gasteiger partial charge in [0.15, 0.2) is 6.61 Å². The molecule has 0 radical (unpaired) electrons. The fourth-order valence-electron chi connectivity index (χ4n) is 3.08. The van der Waals surface area contributed by atoms with Crippen LogP contribution in [-0.4, -0.2) is 49.3 Å². The summed E-state index contributed by atoms with van der Waals surface area (Å²) in [7, 11) is 3.19. The number of rotatable bonds is 8. The highest BCUT2D eigenvalue weighted by atomic mass is 16.5. The van der Waals surface area contributed by atoms with E-state index in [1.54, 1.807) is 62.6 Å². The summed E-state index contributed by atoms with van der Waals surface area (Å²) in [6.45, 7) is -0.284. The zero-order chi connectivity index (χ0) is 24.0. The number of fused-ring (bicyclic) bond motifs is 1. The maximum Gasteiger partial charge on any atom is 0.343 e. The molecular weight excluding hydrogens is 422 g/mol. The van der Waals surface area contributed by atoms with E-state index in [0.717, 1.165) is 21.9 Å². The monoisotopic (exact) mass is 447 g/mol. The normalized spacial score (nSPS) is 10.5. The maximum atomic E-state index is 12.4. The van der Waals surface area contributed by atoms with Crippen LogP contribution in [0.4, 0.5) is 0 Å². The zero-order valence-electron chi connectivity index (χ0n) is 18.5. The number of ether oxygens (including phenoxy) is 2. The van der Waals surface area contributed by atoms with E-state index in [-0.39, 0.29) is 24.8 Å². The zero-order valence-corrected chi connectivity index (χ0v) is 18.5. The van der Waals surface area contributed by atoms with Gasteiger partial charge in [-0.05, 0) is 46.2 Å². The van der Waals surface area contributed by atoms with Crippen LogP contribution in [0.1, 0.15) is 21.5 Å². The first-order valence-electron chi connectivity index (χ1n) is 10.2. The van der Waals surface area contributed by atoms with Crippen LogP contribution in [0.5, 0.6) is 5.75 Å². The molecular formula is C25H25N3O5. The van der Waals surface area contributed by atoms with Crippen LogP contribution in [-0.2, 0) is 27.2 Å². The Morgan fingerprint density at radius 3 is 2.18 bits per heavy atom. The molecule has 0 heterocycles. The number of likely N-dealkylation sites (N-methyl/N-ethyl adjacent to an activating group) is 1. The Balaban J connectivity index is 1.63. The summed E-state index contributed by atoms with van der Waals surface area (Å²) in [5, 5.41) is 9.05. The number of nitrogens with two attached hydrogens (primary N) is 1. The first kappa shape index (κ1) is 23.5. The van der Waals surface area contributed by atoms with E-state index in [1.807, 2.05) is 12.1 Å². The fourth-order valence-corrected chi connectivity index (χ4v) is 3.08. The van der Waals surface area contributed by atoms with Crippen LogP contribution in [0.2, 0.25) is 0 Å². The van der Waals surface area contributed by atoms with Gasteiger partial charge in [-0.15, -0.1) is 0 Å². The largest absolute Gasteiger partial charge is 0.455 e. The van der Waals surface area contributed by atoms with E-state index >= 15 is 0 Å². The second kappa shape index (κ2) is 10.4. The van der Waals surface area contributed by atoms with Gasteiger partial charge in [-0.25, -0.2) is 4.79 Å². The van der Waals surface area contributed by atoms with Gasteiger partial charge in [0.2, 0.25) is 0 Å². The second-order valence-corrected chi connectivity index (χ2v) is 7.76. The van der Waals surface area contributed by atoms with Gasteiger partial charge >= 0.3 is 11.9 Å². The minimum absolute atomic E-state index is 0.0486. The molecule has 170 valence electrons. The van der Waals surface area contributed by atoms with Gasteiger partial charge in [0, 0.05) is 20.5 Å². The third-order valence-electron chi connectivity index (χ3n) is 4.87. The first-order valence-corrected chi connectivity index (χ1v) is 10.2. The quantitative estimate of drug-likeness (QED) is 0.237. The number of esters is 2. The molecule has 0 aliphatic heterocycles. The number of carbonyl (C=O) groups is 3. The van der Waals surface area contributed by atoms with Gasteiger partial charge in [-0.1, -0.05) is 36.4 Å². The molecule has 8 heteroatoms. The van der Waals surface area contributed by atoms with Gasteiger partial charge in [-0.2, -0.15) is 0 Å². The second-order valence-electron chi connectivity index (χ2n) is 7.76. The molecule has 0 saturated heterocycles. The van der Waals surface area contributed by atoms with Crippen molar-refractivity contribution in [3.05, 3.63) is 77.4 Å². The minimum atomic E-state index is -0.490. The van der Waals surface area contributed by atoms with E-state index in [2.05, 4.69) is 0 Å². The lowest BCUT2D eigenvalue weighted by atomic mass is 10.0. The van der Waals surface area contributed by atoms with Crippen molar-refractivity contribution in [2.75, 3.05) is 20.7 Å². The molecule has 0 aromatic heterocycles. The number of nitrogens with zero attached hydrogens (tertiary/aromatic N) is 1. The van der Waals surface area contributed by atoms with Gasteiger partial charge in [-0.3, -0.25) is 15.0 Å². The maximum absolute atomic E-state index is 12.4. The topological polar surface area (TPSA) is 123 Å². The molecule has 0 bridgehead atoms. The lowest BCUT2D eigenvalue weighted by Gasteiger charge is -2.11. The number of benzene rings is 3. The van der Waals surface area contributed by atoms with Gasteiger partial charge in [0.1, 0.15) is 5.75 Å². The van der Waals surface area contributed by atoms with Crippen molar-refractivity contribution in [3.63, 3.8) is 0 Å². The van der Waals surface area contributed by atoms with Crippen LogP contribution >= 0.6 is 0 Å². The minimum Gasteiger partial charge on any atom is -0.455 e. The number of amides is 1. The van der Waals surface area contributed by atoms with Crippen LogP contribution in [0.15, 0.2) is 60.7 Å². The molecule has 8 nitrogen and oxygen atoms in total. The van der Waals surface area contributed by atoms with Crippen molar-refractivity contribution in [1.29, 1.82) is 5.41 Å². The number of hydrogen-bond acceptors (Lipinski definition) is 6. The van der Waals surface area contributed by atoms with Crippen molar-refractivity contribution < 1.29 is 23.9 Å². The third-order valence-corrected chi connectivity index (χ3v) is 4.87. The highest BCUT2D eigenvalue weighted by Crippen LogP contribution is 2.23. The molecule has 0 aliphatic carbocycles. The van der Waals surface area contributed by atoms with E-state index in [0.29, 0.717) is 17.7 Å². The van der Waals surface area contributed by atoms with Crippen molar-refractivity contribution in [2.24, 2.45) is 5.73 Å². The standard InChI is InChI=1S/C25H25N3O5/c1-28(2)23(29)15-32-24(30)13-17-5-8-20-14-21(10-9-19(20)11-17)33-25(31)18-6-3-16(4-7-18)12-22(26)27/h3-11,14H,12-13,15H2,1-2H3,(H3,26,27). The highest BCUT2D eigenvalue weighted by Gasteiger charge is 2.12. The van der Waals surface area contributed by atoms with E-state index in [1.165, 1.54) is 4.90 Å². The van der Waals surface area contributed by atoms with Gasteiger partial charge in [0.25, 0.3) is 5.91 Å². The van der Waals surface area contributed by atoms with Gasteiger partial charge in [0.05, 0.1) is 17.8 Å². The molecule has 0 aliphatic rings. The lowest BCUT2D eigenvalue weighted by molar-refractivity contribution is -0.150. The summed E-state index contributed by atoms with van der Waals surface area (Å²) in [6, 6.07) is 17.5. The number of nitrogens with one attached hydrogen (secondary N) is 1. The molecule has 1 amide bonds. The van der Waals surface area contributed by atoms with Crippen molar-refractivity contribution in [3.8, 4) is 5.75 Å². The number of hydrogen-bond donors (Lipinski definition) is 2. The summed E-state index contributed by atoms with van der Waals surface area (Å²) >= 11 is 0. The van der Waals surface area contributed by atoms with E-state index in [4.69, 9.17) is 20.6 Å². The van der Waals surface area contributed by atoms with Crippen LogP contribution in [0, 0.1) is 5.41 Å². The molecule has 0 atom stereocenters. The summed E-state index contributed by atoms with van der Waals surface area (Å²) in [4.78, 5) is 37.3. The molecule has 3 rings (SSSR count). The van der Waals surface area contributed by atoms with Crippen LogP contribution in [0.3, 0.4) is 0 Å². The van der Waals surface area contributed by atoms with E-state index in [9.17, 15) is 14.4 Å². The van der Waals surface area contributed by atoms with Gasteiger partial charge < -0.3 is 20.1 Å². The number of amidine groups is 1. The molecule has 3 N–H and O–H groups in total. The van der Waals surface area contributed by atoms with Crippen molar-refractivity contribution >= 4 is 34.5 Å². The first-order chi connectivity index (χ1) is 15.7. The Labute approximate surface area is 191 Å². The van der Waals surface area contributed by atoms with Crippen molar-refractivity contribution in [2.45, 2.75) is 12.8 Å². The molecule has 33 heavy (non-hydrogen) atoms. The fraction of sp³-hybridized carbons (Fsp3) is 0.200. The number of carbonyl (C=O) groups excluding carboxylic acids is 3. The molecule has 3 aromatic rings. The lowest BCUT2D eigenvalue weighted by Crippen LogP contribution is -2.27. The van der Waals surface area contributed by atoms with Crippen molar-refractivity contribution in [1.82, 2.24) is 4.90 Å². The summed E-state index contributed by atoms with van der Waals surface area (Å²) < 4.78 is 10.5. The highest BCUT2D eigenvalue weighted by molar-refractivity contribution is 5.92. The third kappa shape index (κ3) is 6.64. The smallest absolute Gasteiger partial charge is 0.343 e. The predicted octanol–water partition coefficient (Wildman–Crippen LogP) is 2.71. The Kier molecular flexibility index (Phi) is 7.40. The van der Waals surface area contributed by atoms with Crippen LogP contribution < -0.4 is 10.5 Å².